The Morgan fingerprint density at radius 1 is 0.696 bits per heavy atom. The Labute approximate surface area is 128 Å². The van der Waals surface area contributed by atoms with Crippen molar-refractivity contribution in [2.45, 2.75) is 23.3 Å². The molecule has 0 fully saturated rings. The van der Waals surface area contributed by atoms with Crippen molar-refractivity contribution in [1.82, 2.24) is 0 Å². The molecule has 23 heavy (non-hydrogen) atoms. The van der Waals surface area contributed by atoms with Gasteiger partial charge in [0.2, 0.25) is 0 Å². The highest BCUT2D eigenvalue weighted by molar-refractivity contribution is 8.01. The topological polar surface area (TPSA) is 227 Å². The lowest BCUT2D eigenvalue weighted by atomic mass is 10.3. The van der Waals surface area contributed by atoms with E-state index in [-0.39, 0.29) is 0 Å². The van der Waals surface area contributed by atoms with Crippen LogP contribution >= 0.6 is 0 Å². The number of hydrogen-bond donors (Lipinski definition) is 4. The van der Waals surface area contributed by atoms with Crippen LogP contribution < -0.4 is 0 Å². The summed E-state index contributed by atoms with van der Waals surface area (Å²) in [6.45, 7) is 0. The first-order chi connectivity index (χ1) is 10.2. The minimum Gasteiger partial charge on any atom is -0.481 e. The van der Waals surface area contributed by atoms with Crippen molar-refractivity contribution in [2.75, 3.05) is 0 Å². The Hall–Kier alpha value is -2.26. The maximum Gasteiger partial charge on any atom is 0.325 e. The first kappa shape index (κ1) is 20.7. The second kappa shape index (κ2) is 7.34. The van der Waals surface area contributed by atoms with Crippen LogP contribution in [0.25, 0.3) is 0 Å². The van der Waals surface area contributed by atoms with Crippen molar-refractivity contribution >= 4 is 44.1 Å². The second-order valence-electron chi connectivity index (χ2n) is 3.90. The lowest BCUT2D eigenvalue weighted by molar-refractivity contribution is -0.143. The molecule has 0 aliphatic carbocycles. The van der Waals surface area contributed by atoms with E-state index in [1.54, 1.807) is 0 Å². The highest BCUT2D eigenvalue weighted by atomic mass is 32.3. The third-order valence-electron chi connectivity index (χ3n) is 2.16. The van der Waals surface area contributed by atoms with E-state index in [1.165, 1.54) is 0 Å². The van der Waals surface area contributed by atoms with Gasteiger partial charge >= 0.3 is 23.9 Å². The predicted molar refractivity (Wildman–Crippen MR) is 66.3 cm³/mol. The van der Waals surface area contributed by atoms with Gasteiger partial charge in [-0.25, -0.2) is 0 Å². The van der Waals surface area contributed by atoms with Crippen LogP contribution in [0, 0.1) is 0 Å². The SMILES string of the molecule is O=C(O)CC(C(=O)O)S(=O)(=O)OS(=O)(=O)C(CC(=O)O)C(=O)O. The minimum atomic E-state index is -5.61. The number of aliphatic carboxylic acids is 4. The molecule has 2 atom stereocenters. The van der Waals surface area contributed by atoms with E-state index in [1.807, 2.05) is 0 Å². The summed E-state index contributed by atoms with van der Waals surface area (Å²) in [5.74, 6) is -8.34. The van der Waals surface area contributed by atoms with Crippen molar-refractivity contribution in [3.05, 3.63) is 0 Å². The van der Waals surface area contributed by atoms with Crippen LogP contribution in [0.15, 0.2) is 0 Å². The van der Waals surface area contributed by atoms with Crippen LogP contribution in [0.4, 0.5) is 0 Å². The molecule has 13 nitrogen and oxygen atoms in total. The van der Waals surface area contributed by atoms with Crippen molar-refractivity contribution in [3.63, 3.8) is 0 Å². The maximum absolute atomic E-state index is 11.6. The van der Waals surface area contributed by atoms with Gasteiger partial charge < -0.3 is 20.4 Å². The average Bonchev–Trinajstić information content (AvgIpc) is 2.30. The minimum absolute atomic E-state index is 1.57. The number of carboxylic acids is 4. The molecule has 0 amide bonds. The number of carboxylic acid groups (broad SMARTS) is 4. The molecule has 0 aromatic carbocycles. The summed E-state index contributed by atoms with van der Waals surface area (Å²) < 4.78 is 49.7. The van der Waals surface area contributed by atoms with E-state index in [0.717, 1.165) is 0 Å². The molecule has 0 radical (unpaired) electrons. The van der Waals surface area contributed by atoms with E-state index in [0.29, 0.717) is 0 Å². The molecule has 4 N–H and O–H groups in total. The van der Waals surface area contributed by atoms with Crippen LogP contribution in [-0.2, 0) is 43.0 Å². The summed E-state index contributed by atoms with van der Waals surface area (Å²) in [7, 11) is -11.2. The molecule has 0 bridgehead atoms. The maximum atomic E-state index is 11.6. The molecule has 0 saturated carbocycles. The van der Waals surface area contributed by atoms with Gasteiger partial charge in [-0.15, -0.1) is 3.63 Å². The zero-order valence-electron chi connectivity index (χ0n) is 10.8. The van der Waals surface area contributed by atoms with Crippen LogP contribution in [-0.4, -0.2) is 71.6 Å². The summed E-state index contributed by atoms with van der Waals surface area (Å²) in [5.41, 5.74) is 0. The standard InChI is InChI=1S/C8H10O13S2/c9-5(10)1-3(7(13)14)22(17,18)21-23(19,20)4(8(15)16)2-6(11)12/h3-4H,1-2H2,(H,9,10)(H,11,12)(H,13,14)(H,15,16). The van der Waals surface area contributed by atoms with Gasteiger partial charge in [-0.1, -0.05) is 0 Å². The van der Waals surface area contributed by atoms with Gasteiger partial charge in [-0.05, 0) is 0 Å². The first-order valence-electron chi connectivity index (χ1n) is 5.28. The van der Waals surface area contributed by atoms with Crippen LogP contribution in [0.5, 0.6) is 0 Å². The van der Waals surface area contributed by atoms with Crippen LogP contribution in [0.2, 0.25) is 0 Å². The fourth-order valence-electron chi connectivity index (χ4n) is 1.17. The average molecular weight is 378 g/mol. The van der Waals surface area contributed by atoms with Gasteiger partial charge in [-0.2, -0.15) is 16.8 Å². The number of hydrogen-bond acceptors (Lipinski definition) is 9. The molecule has 0 aliphatic heterocycles. The molecule has 132 valence electrons. The molecule has 0 rings (SSSR count). The van der Waals surface area contributed by atoms with E-state index >= 15 is 0 Å². The van der Waals surface area contributed by atoms with Crippen molar-refractivity contribution < 1.29 is 60.1 Å². The molecular weight excluding hydrogens is 368 g/mol. The predicted octanol–water partition coefficient (Wildman–Crippen LogP) is -2.48. The smallest absolute Gasteiger partial charge is 0.325 e. The third-order valence-corrected chi connectivity index (χ3v) is 5.81. The number of carbonyl (C=O) groups is 4. The lowest BCUT2D eigenvalue weighted by Crippen LogP contribution is -2.40. The second-order valence-corrected chi connectivity index (χ2v) is 7.56. The van der Waals surface area contributed by atoms with Gasteiger partial charge in [0, 0.05) is 0 Å². The van der Waals surface area contributed by atoms with Crippen molar-refractivity contribution in [2.24, 2.45) is 0 Å². The molecule has 2 unspecified atom stereocenters. The number of rotatable bonds is 10. The monoisotopic (exact) mass is 378 g/mol. The molecule has 0 aliphatic rings. The Balaban J connectivity index is 5.71. The Kier molecular flexibility index (Phi) is 6.62. The van der Waals surface area contributed by atoms with Gasteiger partial charge in [0.1, 0.15) is 0 Å². The van der Waals surface area contributed by atoms with Crippen LogP contribution in [0.1, 0.15) is 12.8 Å². The summed E-state index contributed by atoms with van der Waals surface area (Å²) in [6, 6.07) is 0. The summed E-state index contributed by atoms with van der Waals surface area (Å²) in [6.07, 6.45) is -3.13. The van der Waals surface area contributed by atoms with E-state index in [2.05, 4.69) is 3.63 Å². The zero-order chi connectivity index (χ0) is 18.6. The molecule has 15 heteroatoms. The zero-order valence-corrected chi connectivity index (χ0v) is 12.5. The Morgan fingerprint density at radius 3 is 1.13 bits per heavy atom. The van der Waals surface area contributed by atoms with Gasteiger partial charge in [-0.3, -0.25) is 19.2 Å². The fourth-order valence-corrected chi connectivity index (χ4v) is 4.17. The Bertz CT molecular complexity index is 653. The van der Waals surface area contributed by atoms with Crippen molar-refractivity contribution in [3.8, 4) is 0 Å². The fraction of sp³-hybridized carbons (Fsp3) is 0.500. The van der Waals surface area contributed by atoms with Gasteiger partial charge in [0.05, 0.1) is 12.8 Å². The molecule has 0 aromatic rings. The molecule has 0 spiro atoms. The van der Waals surface area contributed by atoms with Crippen molar-refractivity contribution in [1.29, 1.82) is 0 Å². The quantitative estimate of drug-likeness (QED) is 0.309. The lowest BCUT2D eigenvalue weighted by Gasteiger charge is -2.14. The summed E-state index contributed by atoms with van der Waals surface area (Å²) >= 11 is 0. The third kappa shape index (κ3) is 6.17. The van der Waals surface area contributed by atoms with E-state index in [9.17, 15) is 36.0 Å². The summed E-state index contributed by atoms with van der Waals surface area (Å²) in [4.78, 5) is 42.3. The summed E-state index contributed by atoms with van der Waals surface area (Å²) in [5, 5.41) is 28.4. The molecular formula is C8H10O13S2. The highest BCUT2D eigenvalue weighted by Crippen LogP contribution is 2.18. The highest BCUT2D eigenvalue weighted by Gasteiger charge is 2.44. The molecule has 0 saturated heterocycles. The first-order valence-corrected chi connectivity index (χ1v) is 8.23. The van der Waals surface area contributed by atoms with E-state index < -0.39 is 67.5 Å². The van der Waals surface area contributed by atoms with E-state index in [4.69, 9.17) is 20.4 Å². The molecule has 0 heterocycles. The normalized spacial score (nSPS) is 14.6. The molecule has 0 aromatic heterocycles. The van der Waals surface area contributed by atoms with Gasteiger partial charge in [0.25, 0.3) is 20.2 Å². The largest absolute Gasteiger partial charge is 0.481 e. The van der Waals surface area contributed by atoms with Gasteiger partial charge in [0.15, 0.2) is 10.5 Å². The Morgan fingerprint density at radius 2 is 0.957 bits per heavy atom. The van der Waals surface area contributed by atoms with Crippen LogP contribution in [0.3, 0.4) is 0 Å².